The number of ether oxygens (including phenoxy) is 1. The van der Waals surface area contributed by atoms with Crippen LogP contribution in [0.5, 0.6) is 5.75 Å². The first-order chi connectivity index (χ1) is 14.8. The minimum absolute atomic E-state index is 0. The van der Waals surface area contributed by atoms with Gasteiger partial charge in [-0.1, -0.05) is 98.8 Å². The van der Waals surface area contributed by atoms with Gasteiger partial charge in [0.25, 0.3) is 0 Å². The Bertz CT molecular complexity index is 634. The molecule has 0 N–H and O–H groups in total. The Kier molecular flexibility index (Phi) is 109. The van der Waals surface area contributed by atoms with E-state index in [1.165, 1.54) is 11.1 Å². The molecule has 0 bridgehead atoms. The number of hydrogen-bond donors (Lipinski definition) is 0. The minimum atomic E-state index is 0. The van der Waals surface area contributed by atoms with Crippen LogP contribution in [0.4, 0.5) is 0 Å². The van der Waals surface area contributed by atoms with E-state index in [4.69, 9.17) is 4.74 Å². The Labute approximate surface area is 311 Å². The van der Waals surface area contributed by atoms with Crippen LogP contribution in [-0.4, -0.2) is 6.61 Å². The molecule has 37 heavy (non-hydrogen) atoms. The Morgan fingerprint density at radius 2 is 0.838 bits per heavy atom. The van der Waals surface area contributed by atoms with Crippen LogP contribution in [0, 0.1) is 50.0 Å². The van der Waals surface area contributed by atoms with Crippen LogP contribution in [0.25, 0.3) is 0 Å². The van der Waals surface area contributed by atoms with Crippen molar-refractivity contribution in [2.75, 3.05) is 6.61 Å². The van der Waals surface area contributed by atoms with E-state index >= 15 is 0 Å². The van der Waals surface area contributed by atoms with E-state index in [0.29, 0.717) is 0 Å². The van der Waals surface area contributed by atoms with Gasteiger partial charge in [-0.15, -0.1) is 0 Å². The summed E-state index contributed by atoms with van der Waals surface area (Å²) < 4.78 is 5.21. The molecule has 4 heteroatoms. The molecule has 0 spiro atoms. The standard InChI is InChI=1S/C8H10O.C8H10.C7H8.3C2H5.CH4.3CH3.3Y/c1-2-9-8-6-4-3-5-7-8;1-2-8-6-4-3-5-7-8;1-7-5-3-2-4-6-7;3*1-2;;;;;;;/h3-7H,2H2,1H3;3-7H,2H2,1H3;2-6H,1H3;3*1H2,2H3;1H4;3*1H3;;;/q;;;3*-1;;3*-1;;;. The topological polar surface area (TPSA) is 9.23 Å². The minimum Gasteiger partial charge on any atom is -0.494 e. The van der Waals surface area contributed by atoms with Gasteiger partial charge in [-0.2, -0.15) is 20.8 Å². The third-order valence-corrected chi connectivity index (χ3v) is 3.25. The van der Waals surface area contributed by atoms with Crippen molar-refractivity contribution in [2.24, 2.45) is 0 Å². The summed E-state index contributed by atoms with van der Waals surface area (Å²) in [5, 5.41) is 0. The second-order valence-electron chi connectivity index (χ2n) is 5.24. The third kappa shape index (κ3) is 50.2. The molecule has 0 fully saturated rings. The summed E-state index contributed by atoms with van der Waals surface area (Å²) in [4.78, 5) is 0. The van der Waals surface area contributed by atoms with Gasteiger partial charge in [0.2, 0.25) is 0 Å². The molecule has 3 aromatic rings. The number of aryl methyl sites for hydroxylation is 2. The van der Waals surface area contributed by atoms with Gasteiger partial charge < -0.3 is 47.8 Å². The van der Waals surface area contributed by atoms with Gasteiger partial charge in [0.05, 0.1) is 6.61 Å². The maximum absolute atomic E-state index is 5.21. The molecule has 1 nitrogen and oxygen atoms in total. The van der Waals surface area contributed by atoms with Crippen molar-refractivity contribution in [2.45, 2.75) is 55.4 Å². The first kappa shape index (κ1) is 66.2. The second-order valence-corrected chi connectivity index (χ2v) is 5.24. The van der Waals surface area contributed by atoms with E-state index in [1.807, 2.05) is 61.5 Å². The molecular formula is C33H56OY3-6. The molecule has 3 radical (unpaired) electrons. The molecule has 0 saturated carbocycles. The SMILES string of the molecule is C.CCOc1ccccc1.CCc1ccccc1.Cc1ccccc1.[CH2-]C.[CH2-]C.[CH2-]C.[CH3-].[CH3-].[CH3-].[Y].[Y].[Y]. The predicted molar refractivity (Wildman–Crippen MR) is 164 cm³/mol. The molecule has 0 unspecified atom stereocenters. The average molecular weight is 736 g/mol. The smallest absolute Gasteiger partial charge is 0.119 e. The Morgan fingerprint density at radius 1 is 0.541 bits per heavy atom. The molecule has 0 amide bonds. The van der Waals surface area contributed by atoms with Crippen LogP contribution in [-0.2, 0) is 105 Å². The first-order valence-corrected chi connectivity index (χ1v) is 10.6. The third-order valence-electron chi connectivity index (χ3n) is 3.25. The Morgan fingerprint density at radius 3 is 1.05 bits per heavy atom. The van der Waals surface area contributed by atoms with Crippen molar-refractivity contribution in [3.8, 4) is 5.75 Å². The molecule has 0 saturated heterocycles. The van der Waals surface area contributed by atoms with E-state index in [0.717, 1.165) is 18.8 Å². The fraction of sp³-hybridized carbons (Fsp3) is 0.273. The zero-order valence-corrected chi connectivity index (χ0v) is 33.4. The van der Waals surface area contributed by atoms with E-state index in [9.17, 15) is 0 Å². The summed E-state index contributed by atoms with van der Waals surface area (Å²) in [5.74, 6) is 0.944. The molecule has 3 aromatic carbocycles. The van der Waals surface area contributed by atoms with Gasteiger partial charge in [-0.25, -0.2) is 0 Å². The summed E-state index contributed by atoms with van der Waals surface area (Å²) in [6.07, 6.45) is 1.14. The summed E-state index contributed by atoms with van der Waals surface area (Å²) in [5.41, 5.74) is 2.73. The molecular weight excluding hydrogens is 679 g/mol. The summed E-state index contributed by atoms with van der Waals surface area (Å²) >= 11 is 0. The molecule has 0 aromatic heterocycles. The molecule has 0 aliphatic rings. The summed E-state index contributed by atoms with van der Waals surface area (Å²) in [6.45, 7) is 22.0. The summed E-state index contributed by atoms with van der Waals surface area (Å²) in [7, 11) is 0. The molecule has 0 aliphatic carbocycles. The van der Waals surface area contributed by atoms with E-state index in [1.54, 1.807) is 20.8 Å². The van der Waals surface area contributed by atoms with Gasteiger partial charge in [-0.05, 0) is 38.0 Å². The van der Waals surface area contributed by atoms with Crippen molar-refractivity contribution < 1.29 is 103 Å². The largest absolute Gasteiger partial charge is 0.494 e. The van der Waals surface area contributed by atoms with Crippen LogP contribution in [0.15, 0.2) is 91.0 Å². The van der Waals surface area contributed by atoms with E-state index in [-0.39, 0.29) is 128 Å². The Balaban J connectivity index is -0.0000000309. The first-order valence-electron chi connectivity index (χ1n) is 10.6. The molecule has 209 valence electrons. The van der Waals surface area contributed by atoms with E-state index < -0.39 is 0 Å². The van der Waals surface area contributed by atoms with Gasteiger partial charge in [-0.3, -0.25) is 0 Å². The van der Waals surface area contributed by atoms with Crippen LogP contribution < -0.4 is 4.74 Å². The normalized spacial score (nSPS) is 6.30. The van der Waals surface area contributed by atoms with Crippen molar-refractivity contribution >= 4 is 0 Å². The molecule has 0 heterocycles. The number of hydrogen-bond acceptors (Lipinski definition) is 1. The van der Waals surface area contributed by atoms with Gasteiger partial charge in [0, 0.05) is 98.1 Å². The fourth-order valence-electron chi connectivity index (χ4n) is 1.93. The van der Waals surface area contributed by atoms with Gasteiger partial charge in [0.15, 0.2) is 0 Å². The van der Waals surface area contributed by atoms with Crippen LogP contribution in [0.3, 0.4) is 0 Å². The quantitative estimate of drug-likeness (QED) is 0.244. The molecule has 0 atom stereocenters. The predicted octanol–water partition coefficient (Wildman–Crippen LogP) is 10.8. The van der Waals surface area contributed by atoms with E-state index in [2.05, 4.69) is 71.0 Å². The number of rotatable bonds is 3. The van der Waals surface area contributed by atoms with Crippen molar-refractivity contribution in [1.29, 1.82) is 0 Å². The monoisotopic (exact) mass is 735 g/mol. The Hall–Kier alpha value is 0.772. The summed E-state index contributed by atoms with van der Waals surface area (Å²) in [6, 6.07) is 30.5. The zero-order chi connectivity index (χ0) is 23.5. The maximum Gasteiger partial charge on any atom is 0.119 e. The maximum atomic E-state index is 5.21. The van der Waals surface area contributed by atoms with Gasteiger partial charge in [0.1, 0.15) is 5.75 Å². The molecule has 3 rings (SSSR count). The number of para-hydroxylation sites is 1. The van der Waals surface area contributed by atoms with Gasteiger partial charge >= 0.3 is 0 Å². The van der Waals surface area contributed by atoms with Crippen LogP contribution in [0.2, 0.25) is 0 Å². The number of benzene rings is 3. The molecule has 0 aliphatic heterocycles. The van der Waals surface area contributed by atoms with Crippen LogP contribution in [0.1, 0.15) is 53.2 Å². The van der Waals surface area contributed by atoms with Crippen LogP contribution >= 0.6 is 0 Å². The average Bonchev–Trinajstić information content (AvgIpc) is 2.86. The zero-order valence-electron chi connectivity index (χ0n) is 24.8. The fourth-order valence-corrected chi connectivity index (χ4v) is 1.93. The van der Waals surface area contributed by atoms with Crippen molar-refractivity contribution in [3.05, 3.63) is 145 Å². The second kappa shape index (κ2) is 61.0. The van der Waals surface area contributed by atoms with Crippen molar-refractivity contribution in [3.63, 3.8) is 0 Å². The van der Waals surface area contributed by atoms with Crippen molar-refractivity contribution in [1.82, 2.24) is 0 Å².